The third-order valence-corrected chi connectivity index (χ3v) is 1.63. The lowest BCUT2D eigenvalue weighted by Gasteiger charge is -2.09. The molecule has 0 amide bonds. The van der Waals surface area contributed by atoms with Crippen molar-refractivity contribution < 1.29 is 23.4 Å². The van der Waals surface area contributed by atoms with Crippen molar-refractivity contribution in [3.05, 3.63) is 29.3 Å². The van der Waals surface area contributed by atoms with Gasteiger partial charge in [0.15, 0.2) is 17.4 Å². The molecule has 1 atom stereocenters. The number of aliphatic hydroxyl groups excluding tert-OH is 1. The van der Waals surface area contributed by atoms with E-state index in [0.29, 0.717) is 6.29 Å². The summed E-state index contributed by atoms with van der Waals surface area (Å²) in [5.74, 6) is -2.50. The molecule has 82 valence electrons. The fourth-order valence-corrected chi connectivity index (χ4v) is 0.989. The zero-order valence-corrected chi connectivity index (χ0v) is 8.04. The van der Waals surface area contributed by atoms with Crippen molar-refractivity contribution in [1.29, 1.82) is 0 Å². The molecule has 1 aromatic carbocycles. The first-order chi connectivity index (χ1) is 7.04. The molecule has 0 aromatic heterocycles. The number of carbonyl (C=O) groups is 1. The van der Waals surface area contributed by atoms with Gasteiger partial charge in [0.05, 0.1) is 6.10 Å². The van der Waals surface area contributed by atoms with Gasteiger partial charge in [-0.3, -0.25) is 4.79 Å². The van der Waals surface area contributed by atoms with Crippen LogP contribution in [0, 0.1) is 11.6 Å². The maximum absolute atomic E-state index is 13.1. The van der Waals surface area contributed by atoms with Gasteiger partial charge >= 0.3 is 0 Å². The molecule has 0 aliphatic rings. The summed E-state index contributed by atoms with van der Waals surface area (Å²) in [4.78, 5) is 10.3. The third-order valence-electron chi connectivity index (χ3n) is 1.63. The van der Waals surface area contributed by atoms with Gasteiger partial charge < -0.3 is 9.84 Å². The number of rotatable bonds is 4. The van der Waals surface area contributed by atoms with Gasteiger partial charge in [-0.25, -0.2) is 8.78 Å². The smallest absolute Gasteiger partial charge is 0.190 e. The predicted molar refractivity (Wildman–Crippen MR) is 48.9 cm³/mol. The van der Waals surface area contributed by atoms with Crippen molar-refractivity contribution in [2.24, 2.45) is 0 Å². The summed E-state index contributed by atoms with van der Waals surface area (Å²) in [6.07, 6.45) is -0.487. The van der Waals surface area contributed by atoms with E-state index < -0.39 is 23.5 Å². The summed E-state index contributed by atoms with van der Waals surface area (Å²) >= 11 is 0. The number of aliphatic hydroxyl groups is 1. The maximum atomic E-state index is 13.1. The SMILES string of the molecule is CC(O)COc1c(F)cc(C=O)cc1F. The van der Waals surface area contributed by atoms with Gasteiger partial charge in [-0.2, -0.15) is 0 Å². The number of ether oxygens (including phenoxy) is 1. The summed E-state index contributed by atoms with van der Waals surface area (Å²) in [6.45, 7) is 1.21. The van der Waals surface area contributed by atoms with Crippen LogP contribution in [-0.2, 0) is 0 Å². The minimum Gasteiger partial charge on any atom is -0.485 e. The Morgan fingerprint density at radius 3 is 2.40 bits per heavy atom. The van der Waals surface area contributed by atoms with Crippen molar-refractivity contribution in [2.45, 2.75) is 13.0 Å². The highest BCUT2D eigenvalue weighted by atomic mass is 19.1. The Kier molecular flexibility index (Phi) is 3.74. The van der Waals surface area contributed by atoms with E-state index >= 15 is 0 Å². The molecular weight excluding hydrogens is 206 g/mol. The highest BCUT2D eigenvalue weighted by Gasteiger charge is 2.13. The number of hydrogen-bond acceptors (Lipinski definition) is 3. The molecule has 0 aliphatic carbocycles. The molecule has 0 saturated carbocycles. The lowest BCUT2D eigenvalue weighted by Crippen LogP contribution is -2.14. The summed E-state index contributed by atoms with van der Waals surface area (Å²) in [5, 5.41) is 8.87. The molecule has 0 radical (unpaired) electrons. The van der Waals surface area contributed by atoms with E-state index in [-0.39, 0.29) is 12.2 Å². The molecule has 1 aromatic rings. The molecule has 3 nitrogen and oxygen atoms in total. The molecular formula is C10H10F2O3. The molecule has 0 aliphatic heterocycles. The molecule has 1 N–H and O–H groups in total. The first kappa shape index (κ1) is 11.6. The van der Waals surface area contributed by atoms with Crippen molar-refractivity contribution >= 4 is 6.29 Å². The molecule has 0 spiro atoms. The van der Waals surface area contributed by atoms with Crippen LogP contribution in [-0.4, -0.2) is 24.1 Å². The molecule has 1 unspecified atom stereocenters. The number of hydrogen-bond donors (Lipinski definition) is 1. The standard InChI is InChI=1S/C10H10F2O3/c1-6(14)5-15-10-8(11)2-7(4-13)3-9(10)12/h2-4,6,14H,5H2,1H3. The Hall–Kier alpha value is -1.49. The lowest BCUT2D eigenvalue weighted by atomic mass is 10.2. The Bertz CT molecular complexity index is 341. The van der Waals surface area contributed by atoms with Crippen molar-refractivity contribution in [3.8, 4) is 5.75 Å². The quantitative estimate of drug-likeness (QED) is 0.776. The Morgan fingerprint density at radius 2 is 2.00 bits per heavy atom. The molecule has 1 rings (SSSR count). The number of halogens is 2. The van der Waals surface area contributed by atoms with Gasteiger partial charge in [-0.1, -0.05) is 0 Å². The van der Waals surface area contributed by atoms with Crippen LogP contribution >= 0.6 is 0 Å². The predicted octanol–water partition coefficient (Wildman–Crippen LogP) is 1.54. The first-order valence-electron chi connectivity index (χ1n) is 4.29. The van der Waals surface area contributed by atoms with Crippen LogP contribution in [0.2, 0.25) is 0 Å². The van der Waals surface area contributed by atoms with E-state index in [4.69, 9.17) is 9.84 Å². The van der Waals surface area contributed by atoms with Gasteiger partial charge in [0.25, 0.3) is 0 Å². The second-order valence-electron chi connectivity index (χ2n) is 3.09. The molecule has 15 heavy (non-hydrogen) atoms. The van der Waals surface area contributed by atoms with E-state index in [1.807, 2.05) is 0 Å². The normalized spacial score (nSPS) is 12.3. The number of carbonyl (C=O) groups excluding carboxylic acids is 1. The number of benzene rings is 1. The summed E-state index contributed by atoms with van der Waals surface area (Å²) < 4.78 is 31.0. The van der Waals surface area contributed by atoms with Gasteiger partial charge in [0.1, 0.15) is 12.9 Å². The van der Waals surface area contributed by atoms with Crippen LogP contribution in [0.3, 0.4) is 0 Å². The highest BCUT2D eigenvalue weighted by molar-refractivity contribution is 5.75. The van der Waals surface area contributed by atoms with E-state index in [1.54, 1.807) is 0 Å². The topological polar surface area (TPSA) is 46.5 Å². The monoisotopic (exact) mass is 216 g/mol. The lowest BCUT2D eigenvalue weighted by molar-refractivity contribution is 0.111. The Morgan fingerprint density at radius 1 is 1.47 bits per heavy atom. The van der Waals surface area contributed by atoms with Crippen molar-refractivity contribution in [1.82, 2.24) is 0 Å². The first-order valence-corrected chi connectivity index (χ1v) is 4.29. The summed E-state index contributed by atoms with van der Waals surface area (Å²) in [7, 11) is 0. The molecule has 5 heteroatoms. The fraction of sp³-hybridized carbons (Fsp3) is 0.300. The minimum atomic E-state index is -0.960. The third kappa shape index (κ3) is 2.99. The second-order valence-corrected chi connectivity index (χ2v) is 3.09. The number of aldehydes is 1. The largest absolute Gasteiger partial charge is 0.485 e. The van der Waals surface area contributed by atoms with E-state index in [2.05, 4.69) is 0 Å². The van der Waals surface area contributed by atoms with E-state index in [1.165, 1.54) is 6.92 Å². The molecule has 0 heterocycles. The zero-order valence-electron chi connectivity index (χ0n) is 8.04. The van der Waals surface area contributed by atoms with Crippen LogP contribution < -0.4 is 4.74 Å². The fourth-order valence-electron chi connectivity index (χ4n) is 0.989. The van der Waals surface area contributed by atoms with Crippen LogP contribution in [0.25, 0.3) is 0 Å². The van der Waals surface area contributed by atoms with Crippen molar-refractivity contribution in [2.75, 3.05) is 6.61 Å². The van der Waals surface area contributed by atoms with Crippen LogP contribution in [0.5, 0.6) is 5.75 Å². The molecule has 0 saturated heterocycles. The zero-order chi connectivity index (χ0) is 11.4. The average Bonchev–Trinajstić information content (AvgIpc) is 2.15. The Labute approximate surface area is 85.3 Å². The van der Waals surface area contributed by atoms with Crippen LogP contribution in [0.15, 0.2) is 12.1 Å². The van der Waals surface area contributed by atoms with Crippen LogP contribution in [0.4, 0.5) is 8.78 Å². The summed E-state index contributed by atoms with van der Waals surface area (Å²) in [6, 6.07) is 1.74. The average molecular weight is 216 g/mol. The van der Waals surface area contributed by atoms with E-state index in [0.717, 1.165) is 12.1 Å². The minimum absolute atomic E-state index is 0.102. The Balaban J connectivity index is 2.93. The second kappa shape index (κ2) is 4.84. The van der Waals surface area contributed by atoms with E-state index in [9.17, 15) is 13.6 Å². The highest BCUT2D eigenvalue weighted by Crippen LogP contribution is 2.22. The van der Waals surface area contributed by atoms with Crippen molar-refractivity contribution in [3.63, 3.8) is 0 Å². The molecule has 0 bridgehead atoms. The molecule has 0 fully saturated rings. The maximum Gasteiger partial charge on any atom is 0.190 e. The van der Waals surface area contributed by atoms with Gasteiger partial charge in [-0.15, -0.1) is 0 Å². The summed E-state index contributed by atoms with van der Waals surface area (Å²) in [5.41, 5.74) is -0.102. The van der Waals surface area contributed by atoms with Crippen LogP contribution in [0.1, 0.15) is 17.3 Å². The van der Waals surface area contributed by atoms with Gasteiger partial charge in [-0.05, 0) is 19.1 Å². The van der Waals surface area contributed by atoms with Gasteiger partial charge in [0.2, 0.25) is 0 Å². The van der Waals surface area contributed by atoms with Gasteiger partial charge in [0, 0.05) is 5.56 Å².